The van der Waals surface area contributed by atoms with E-state index in [4.69, 9.17) is 0 Å². The van der Waals surface area contributed by atoms with E-state index in [2.05, 4.69) is 69.6 Å². The Morgan fingerprint density at radius 2 is 1.65 bits per heavy atom. The van der Waals surface area contributed by atoms with Crippen molar-refractivity contribution in [1.29, 1.82) is 0 Å². The van der Waals surface area contributed by atoms with Gasteiger partial charge in [0.1, 0.15) is 0 Å². The predicted molar refractivity (Wildman–Crippen MR) is 130 cm³/mol. The molecule has 0 aliphatic rings. The Morgan fingerprint density at radius 3 is 2.32 bits per heavy atom. The number of aromatic nitrogens is 3. The fourth-order valence-corrected chi connectivity index (χ4v) is 4.22. The Labute approximate surface area is 194 Å². The molecule has 4 aromatic rings. The maximum absolute atomic E-state index is 12.5. The molecule has 1 heterocycles. The van der Waals surface area contributed by atoms with Crippen LogP contribution in [0.5, 0.6) is 0 Å². The summed E-state index contributed by atoms with van der Waals surface area (Å²) in [5, 5.41) is 12.4. The molecule has 31 heavy (non-hydrogen) atoms. The van der Waals surface area contributed by atoms with Crippen molar-refractivity contribution in [3.05, 3.63) is 88.4 Å². The first-order chi connectivity index (χ1) is 15.0. The average Bonchev–Trinajstić information content (AvgIpc) is 3.17. The lowest BCUT2D eigenvalue weighted by molar-refractivity contribution is -0.113. The lowest BCUT2D eigenvalue weighted by atomic mass is 10.1. The van der Waals surface area contributed by atoms with Gasteiger partial charge in [-0.15, -0.1) is 10.2 Å². The molecule has 0 saturated carbocycles. The van der Waals surface area contributed by atoms with E-state index in [-0.39, 0.29) is 11.7 Å². The van der Waals surface area contributed by atoms with Crippen molar-refractivity contribution in [3.63, 3.8) is 0 Å². The first-order valence-corrected chi connectivity index (χ1v) is 11.6. The monoisotopic (exact) mass is 492 g/mol. The van der Waals surface area contributed by atoms with Gasteiger partial charge >= 0.3 is 0 Å². The summed E-state index contributed by atoms with van der Waals surface area (Å²) in [7, 11) is 0. The molecule has 0 aliphatic heterocycles. The van der Waals surface area contributed by atoms with Gasteiger partial charge < -0.3 is 5.32 Å². The predicted octanol–water partition coefficient (Wildman–Crippen LogP) is 6.04. The van der Waals surface area contributed by atoms with Crippen LogP contribution in [0.15, 0.2) is 82.4 Å². The number of rotatable bonds is 6. The van der Waals surface area contributed by atoms with Gasteiger partial charge in [0.25, 0.3) is 0 Å². The highest BCUT2D eigenvalue weighted by molar-refractivity contribution is 9.10. The first kappa shape index (κ1) is 21.3. The summed E-state index contributed by atoms with van der Waals surface area (Å²) in [6, 6.07) is 23.9. The molecule has 1 N–H and O–H groups in total. The fraction of sp³-hybridized carbons (Fsp3) is 0.125. The van der Waals surface area contributed by atoms with E-state index in [0.29, 0.717) is 5.16 Å². The number of nitrogens with one attached hydrogen (secondary N) is 1. The Balaban J connectivity index is 1.60. The largest absolute Gasteiger partial charge is 0.325 e. The van der Waals surface area contributed by atoms with Crippen LogP contribution in [0.4, 0.5) is 5.69 Å². The molecule has 1 aromatic heterocycles. The molecule has 0 unspecified atom stereocenters. The molecule has 7 heteroatoms. The van der Waals surface area contributed by atoms with Gasteiger partial charge in [-0.2, -0.15) is 0 Å². The SMILES string of the molecule is Cc1ccc(-c2nnc(SCC(=O)Nc3cccc(Br)c3)n2-c2ccc(C)cc2)cc1. The fourth-order valence-electron chi connectivity index (χ4n) is 3.07. The second-order valence-electron chi connectivity index (χ2n) is 7.19. The summed E-state index contributed by atoms with van der Waals surface area (Å²) in [5.41, 5.74) is 5.05. The number of amides is 1. The second kappa shape index (κ2) is 9.49. The molecule has 4 rings (SSSR count). The molecule has 0 aliphatic carbocycles. The zero-order valence-corrected chi connectivity index (χ0v) is 19.6. The molecule has 1 amide bonds. The van der Waals surface area contributed by atoms with Gasteiger partial charge in [0, 0.05) is 21.4 Å². The third kappa shape index (κ3) is 5.24. The van der Waals surface area contributed by atoms with Crippen LogP contribution in [0.1, 0.15) is 11.1 Å². The molecule has 0 radical (unpaired) electrons. The van der Waals surface area contributed by atoms with E-state index in [1.54, 1.807) is 0 Å². The van der Waals surface area contributed by atoms with Crippen LogP contribution in [0, 0.1) is 13.8 Å². The number of carbonyl (C=O) groups excluding carboxylic acids is 1. The molecule has 0 atom stereocenters. The molecule has 5 nitrogen and oxygen atoms in total. The van der Waals surface area contributed by atoms with Crippen LogP contribution >= 0.6 is 27.7 Å². The molecular weight excluding hydrogens is 472 g/mol. The van der Waals surface area contributed by atoms with E-state index in [1.807, 2.05) is 53.1 Å². The molecule has 0 spiro atoms. The van der Waals surface area contributed by atoms with E-state index < -0.39 is 0 Å². The van der Waals surface area contributed by atoms with Crippen molar-refractivity contribution in [2.75, 3.05) is 11.1 Å². The normalized spacial score (nSPS) is 10.8. The van der Waals surface area contributed by atoms with Crippen LogP contribution < -0.4 is 5.32 Å². The van der Waals surface area contributed by atoms with Gasteiger partial charge in [0.15, 0.2) is 11.0 Å². The number of anilines is 1. The lowest BCUT2D eigenvalue weighted by Gasteiger charge is -2.11. The van der Waals surface area contributed by atoms with Gasteiger partial charge in [-0.3, -0.25) is 9.36 Å². The van der Waals surface area contributed by atoms with Crippen LogP contribution in [0.2, 0.25) is 0 Å². The van der Waals surface area contributed by atoms with Crippen molar-refractivity contribution in [3.8, 4) is 17.1 Å². The van der Waals surface area contributed by atoms with Crippen LogP contribution in [-0.2, 0) is 4.79 Å². The zero-order chi connectivity index (χ0) is 21.8. The minimum atomic E-state index is -0.0987. The molecule has 0 bridgehead atoms. The summed E-state index contributed by atoms with van der Waals surface area (Å²) >= 11 is 4.78. The number of aryl methyl sites for hydroxylation is 2. The Morgan fingerprint density at radius 1 is 0.968 bits per heavy atom. The van der Waals surface area contributed by atoms with Gasteiger partial charge in [0.05, 0.1) is 5.75 Å². The Hall–Kier alpha value is -2.90. The summed E-state index contributed by atoms with van der Waals surface area (Å²) < 4.78 is 2.92. The topological polar surface area (TPSA) is 59.8 Å². The van der Waals surface area contributed by atoms with Crippen molar-refractivity contribution < 1.29 is 4.79 Å². The highest BCUT2D eigenvalue weighted by Crippen LogP contribution is 2.28. The number of hydrogen-bond acceptors (Lipinski definition) is 4. The average molecular weight is 493 g/mol. The molecule has 0 saturated heterocycles. The van der Waals surface area contributed by atoms with E-state index in [9.17, 15) is 4.79 Å². The van der Waals surface area contributed by atoms with Gasteiger partial charge in [-0.1, -0.05) is 81.3 Å². The molecule has 3 aromatic carbocycles. The van der Waals surface area contributed by atoms with Crippen molar-refractivity contribution in [2.45, 2.75) is 19.0 Å². The second-order valence-corrected chi connectivity index (χ2v) is 9.05. The van der Waals surface area contributed by atoms with Crippen LogP contribution in [-0.4, -0.2) is 26.4 Å². The standard InChI is InChI=1S/C24H21BrN4OS/c1-16-6-10-18(11-7-16)23-27-28-24(29(23)21-12-8-17(2)9-13-21)31-15-22(30)26-20-5-3-4-19(25)14-20/h3-14H,15H2,1-2H3,(H,26,30). The zero-order valence-electron chi connectivity index (χ0n) is 17.2. The van der Waals surface area contributed by atoms with Crippen molar-refractivity contribution in [2.24, 2.45) is 0 Å². The van der Waals surface area contributed by atoms with E-state index in [0.717, 1.165) is 27.2 Å². The Bertz CT molecular complexity index is 1200. The smallest absolute Gasteiger partial charge is 0.234 e. The van der Waals surface area contributed by atoms with Gasteiger partial charge in [-0.05, 0) is 44.2 Å². The number of carbonyl (C=O) groups is 1. The van der Waals surface area contributed by atoms with Crippen molar-refractivity contribution in [1.82, 2.24) is 14.8 Å². The third-order valence-electron chi connectivity index (χ3n) is 4.68. The summed E-state index contributed by atoms with van der Waals surface area (Å²) in [4.78, 5) is 12.5. The Kier molecular flexibility index (Phi) is 6.53. The number of nitrogens with zero attached hydrogens (tertiary/aromatic N) is 3. The number of hydrogen-bond donors (Lipinski definition) is 1. The highest BCUT2D eigenvalue weighted by atomic mass is 79.9. The van der Waals surface area contributed by atoms with Crippen LogP contribution in [0.25, 0.3) is 17.1 Å². The molecule has 156 valence electrons. The summed E-state index contributed by atoms with van der Waals surface area (Å²) in [5.74, 6) is 0.877. The summed E-state index contributed by atoms with van der Waals surface area (Å²) in [6.45, 7) is 4.11. The van der Waals surface area contributed by atoms with Crippen molar-refractivity contribution >= 4 is 39.3 Å². The third-order valence-corrected chi connectivity index (χ3v) is 6.10. The van der Waals surface area contributed by atoms with Gasteiger partial charge in [-0.25, -0.2) is 0 Å². The molecular formula is C24H21BrN4OS. The molecule has 0 fully saturated rings. The quantitative estimate of drug-likeness (QED) is 0.333. The first-order valence-electron chi connectivity index (χ1n) is 9.77. The number of halogens is 1. The minimum absolute atomic E-state index is 0.0987. The van der Waals surface area contributed by atoms with Crippen LogP contribution in [0.3, 0.4) is 0 Å². The van der Waals surface area contributed by atoms with E-state index in [1.165, 1.54) is 22.9 Å². The maximum Gasteiger partial charge on any atom is 0.234 e. The lowest BCUT2D eigenvalue weighted by Crippen LogP contribution is -2.14. The number of thioether (sulfide) groups is 1. The minimum Gasteiger partial charge on any atom is -0.325 e. The van der Waals surface area contributed by atoms with E-state index >= 15 is 0 Å². The summed E-state index contributed by atoms with van der Waals surface area (Å²) in [6.07, 6.45) is 0. The number of benzene rings is 3. The van der Waals surface area contributed by atoms with Gasteiger partial charge in [0.2, 0.25) is 5.91 Å². The maximum atomic E-state index is 12.5. The highest BCUT2D eigenvalue weighted by Gasteiger charge is 2.17.